The number of carbonyl (C=O) groups is 1. The molecule has 2 N–H and O–H groups in total. The van der Waals surface area contributed by atoms with Gasteiger partial charge in [0.15, 0.2) is 5.43 Å². The van der Waals surface area contributed by atoms with E-state index in [1.807, 2.05) is 13.0 Å². The Balaban J connectivity index is 1.85. The van der Waals surface area contributed by atoms with Crippen LogP contribution in [0, 0.1) is 0 Å². The second-order valence-electron chi connectivity index (χ2n) is 5.73. The minimum absolute atomic E-state index is 0.169. The molecule has 1 amide bonds. The van der Waals surface area contributed by atoms with Gasteiger partial charge in [-0.1, -0.05) is 25.5 Å². The summed E-state index contributed by atoms with van der Waals surface area (Å²) in [6.45, 7) is 2.66. The summed E-state index contributed by atoms with van der Waals surface area (Å²) in [6, 6.07) is 8.44. The Labute approximate surface area is 122 Å². The topological polar surface area (TPSA) is 73.4 Å². The van der Waals surface area contributed by atoms with Crippen LogP contribution in [0.1, 0.15) is 30.3 Å². The van der Waals surface area contributed by atoms with Gasteiger partial charge in [-0.15, -0.1) is 0 Å². The van der Waals surface area contributed by atoms with Crippen molar-refractivity contribution >= 4 is 16.8 Å². The van der Waals surface area contributed by atoms with Crippen LogP contribution < -0.4 is 5.43 Å². The van der Waals surface area contributed by atoms with Gasteiger partial charge in [0.05, 0.1) is 18.7 Å². The average Bonchev–Trinajstić information content (AvgIpc) is 2.44. The number of nitrogens with zero attached hydrogens (tertiary/aromatic N) is 1. The van der Waals surface area contributed by atoms with Gasteiger partial charge in [0.1, 0.15) is 5.69 Å². The van der Waals surface area contributed by atoms with Gasteiger partial charge >= 0.3 is 0 Å². The molecule has 1 saturated heterocycles. The molecule has 2 heterocycles. The van der Waals surface area contributed by atoms with Crippen LogP contribution in [0.4, 0.5) is 0 Å². The fourth-order valence-corrected chi connectivity index (χ4v) is 2.91. The highest BCUT2D eigenvalue weighted by Crippen LogP contribution is 2.26. The number of aromatic nitrogens is 1. The highest BCUT2D eigenvalue weighted by Gasteiger charge is 2.43. The van der Waals surface area contributed by atoms with Crippen LogP contribution in [-0.2, 0) is 0 Å². The summed E-state index contributed by atoms with van der Waals surface area (Å²) < 4.78 is 0. The number of hydrogen-bond acceptors (Lipinski definition) is 3. The molecule has 110 valence electrons. The molecule has 21 heavy (non-hydrogen) atoms. The van der Waals surface area contributed by atoms with E-state index < -0.39 is 5.60 Å². The number of nitrogens with one attached hydrogen (secondary N) is 1. The molecular formula is C16H18N2O3. The van der Waals surface area contributed by atoms with Crippen LogP contribution in [0.2, 0.25) is 0 Å². The van der Waals surface area contributed by atoms with Crippen molar-refractivity contribution in [2.24, 2.45) is 0 Å². The van der Waals surface area contributed by atoms with Crippen molar-refractivity contribution in [1.82, 2.24) is 9.88 Å². The number of aliphatic hydroxyl groups is 1. The Morgan fingerprint density at radius 3 is 2.81 bits per heavy atom. The van der Waals surface area contributed by atoms with E-state index in [2.05, 4.69) is 4.98 Å². The first-order valence-corrected chi connectivity index (χ1v) is 7.16. The molecule has 1 aromatic heterocycles. The fourth-order valence-electron chi connectivity index (χ4n) is 2.91. The number of likely N-dealkylation sites (tertiary alicyclic amines) is 1. The molecule has 0 atom stereocenters. The van der Waals surface area contributed by atoms with Gasteiger partial charge in [-0.2, -0.15) is 0 Å². The zero-order chi connectivity index (χ0) is 15.0. The lowest BCUT2D eigenvalue weighted by molar-refractivity contribution is -0.0861. The Morgan fingerprint density at radius 2 is 2.10 bits per heavy atom. The van der Waals surface area contributed by atoms with E-state index in [-0.39, 0.29) is 17.0 Å². The van der Waals surface area contributed by atoms with Crippen molar-refractivity contribution in [1.29, 1.82) is 0 Å². The van der Waals surface area contributed by atoms with E-state index in [1.165, 1.54) is 6.07 Å². The number of para-hydroxylation sites is 1. The molecule has 0 aliphatic carbocycles. The Morgan fingerprint density at radius 1 is 1.38 bits per heavy atom. The summed E-state index contributed by atoms with van der Waals surface area (Å²) in [6.07, 6.45) is 1.57. The molecule has 0 unspecified atom stereocenters. The maximum atomic E-state index is 12.4. The Kier molecular flexibility index (Phi) is 3.29. The maximum absolute atomic E-state index is 12.4. The van der Waals surface area contributed by atoms with Crippen molar-refractivity contribution in [2.75, 3.05) is 13.1 Å². The number of pyridine rings is 1. The lowest BCUT2D eigenvalue weighted by atomic mass is 9.89. The van der Waals surface area contributed by atoms with E-state index in [4.69, 9.17) is 0 Å². The van der Waals surface area contributed by atoms with Gasteiger partial charge in [0.2, 0.25) is 0 Å². The van der Waals surface area contributed by atoms with E-state index in [0.717, 1.165) is 6.42 Å². The molecule has 3 rings (SSSR count). The summed E-state index contributed by atoms with van der Waals surface area (Å²) >= 11 is 0. The molecule has 5 heteroatoms. The van der Waals surface area contributed by atoms with Gasteiger partial charge in [0.25, 0.3) is 5.91 Å². The summed E-state index contributed by atoms with van der Waals surface area (Å²) in [5, 5.41) is 10.7. The fraction of sp³-hybridized carbons (Fsp3) is 0.375. The zero-order valence-corrected chi connectivity index (χ0v) is 11.9. The molecule has 0 bridgehead atoms. The van der Waals surface area contributed by atoms with Crippen molar-refractivity contribution in [3.8, 4) is 0 Å². The molecule has 0 saturated carbocycles. The normalized spacial score (nSPS) is 16.8. The van der Waals surface area contributed by atoms with Crippen molar-refractivity contribution in [3.63, 3.8) is 0 Å². The largest absolute Gasteiger partial charge is 0.386 e. The van der Waals surface area contributed by atoms with E-state index in [0.29, 0.717) is 30.4 Å². The van der Waals surface area contributed by atoms with Gasteiger partial charge in [0, 0.05) is 17.0 Å². The number of carbonyl (C=O) groups excluding carboxylic acids is 1. The lowest BCUT2D eigenvalue weighted by Crippen LogP contribution is -2.63. The predicted molar refractivity (Wildman–Crippen MR) is 80.3 cm³/mol. The Hall–Kier alpha value is -2.14. The highest BCUT2D eigenvalue weighted by atomic mass is 16.3. The van der Waals surface area contributed by atoms with Crippen molar-refractivity contribution in [3.05, 3.63) is 46.2 Å². The van der Waals surface area contributed by atoms with Crippen molar-refractivity contribution < 1.29 is 9.90 Å². The molecule has 1 aliphatic heterocycles. The van der Waals surface area contributed by atoms with Gasteiger partial charge in [-0.3, -0.25) is 9.59 Å². The minimum Gasteiger partial charge on any atom is -0.386 e. The average molecular weight is 286 g/mol. The molecule has 0 radical (unpaired) electrons. The van der Waals surface area contributed by atoms with Gasteiger partial charge in [-0.25, -0.2) is 0 Å². The first-order chi connectivity index (χ1) is 10.0. The second kappa shape index (κ2) is 5.00. The Bertz CT molecular complexity index is 745. The quantitative estimate of drug-likeness (QED) is 0.898. The number of benzene rings is 1. The number of rotatable bonds is 3. The van der Waals surface area contributed by atoms with Crippen LogP contribution in [-0.4, -0.2) is 39.6 Å². The monoisotopic (exact) mass is 286 g/mol. The predicted octanol–water partition coefficient (Wildman–Crippen LogP) is 1.52. The third kappa shape index (κ3) is 2.45. The smallest absolute Gasteiger partial charge is 0.270 e. The SMILES string of the molecule is CCCC1(O)CN(C(=O)c2cc(=O)c3ccccc3[nH]2)C1. The van der Waals surface area contributed by atoms with Crippen molar-refractivity contribution in [2.45, 2.75) is 25.4 Å². The number of hydrogen-bond donors (Lipinski definition) is 2. The maximum Gasteiger partial charge on any atom is 0.270 e. The molecule has 5 nitrogen and oxygen atoms in total. The molecular weight excluding hydrogens is 268 g/mol. The molecule has 1 fully saturated rings. The standard InChI is InChI=1S/C16H18N2O3/c1-2-7-16(21)9-18(10-16)15(20)13-8-14(19)11-5-3-4-6-12(11)17-13/h3-6,8,21H,2,7,9-10H2,1H3,(H,17,19). The number of aromatic amines is 1. The molecule has 2 aromatic rings. The number of amides is 1. The number of fused-ring (bicyclic) bond motifs is 1. The van der Waals surface area contributed by atoms with Crippen LogP contribution in [0.3, 0.4) is 0 Å². The van der Waals surface area contributed by atoms with Gasteiger partial charge < -0.3 is 15.0 Å². The zero-order valence-electron chi connectivity index (χ0n) is 11.9. The molecule has 1 aliphatic rings. The minimum atomic E-state index is -0.762. The first-order valence-electron chi connectivity index (χ1n) is 7.16. The lowest BCUT2D eigenvalue weighted by Gasteiger charge is -2.46. The van der Waals surface area contributed by atoms with E-state index in [1.54, 1.807) is 23.1 Å². The van der Waals surface area contributed by atoms with Crippen LogP contribution >= 0.6 is 0 Å². The molecule has 1 aromatic carbocycles. The van der Waals surface area contributed by atoms with E-state index >= 15 is 0 Å². The van der Waals surface area contributed by atoms with Crippen LogP contribution in [0.15, 0.2) is 35.1 Å². The summed E-state index contributed by atoms with van der Waals surface area (Å²) in [5.74, 6) is -0.237. The number of H-pyrrole nitrogens is 1. The number of β-amino-alcohol motifs (C(OH)–C–C–N with tert-alkyl or cyclic N) is 1. The third-order valence-corrected chi connectivity index (χ3v) is 3.94. The summed E-state index contributed by atoms with van der Waals surface area (Å²) in [4.78, 5) is 29.0. The summed E-state index contributed by atoms with van der Waals surface area (Å²) in [5.41, 5.74) is -0.00588. The molecule has 0 spiro atoms. The highest BCUT2D eigenvalue weighted by molar-refractivity contribution is 5.95. The summed E-state index contributed by atoms with van der Waals surface area (Å²) in [7, 11) is 0. The third-order valence-electron chi connectivity index (χ3n) is 3.94. The van der Waals surface area contributed by atoms with Crippen LogP contribution in [0.25, 0.3) is 10.9 Å². The van der Waals surface area contributed by atoms with E-state index in [9.17, 15) is 14.7 Å². The van der Waals surface area contributed by atoms with Crippen LogP contribution in [0.5, 0.6) is 0 Å². The first kappa shape index (κ1) is 13.8. The second-order valence-corrected chi connectivity index (χ2v) is 5.73. The van der Waals surface area contributed by atoms with Gasteiger partial charge in [-0.05, 0) is 18.6 Å².